The normalized spacial score (nSPS) is 13.3. The van der Waals surface area contributed by atoms with Crippen LogP contribution in [0.5, 0.6) is 5.88 Å². The lowest BCUT2D eigenvalue weighted by Gasteiger charge is -2.00. The van der Waals surface area contributed by atoms with Crippen molar-refractivity contribution in [3.63, 3.8) is 0 Å². The van der Waals surface area contributed by atoms with E-state index in [2.05, 4.69) is 4.98 Å². The van der Waals surface area contributed by atoms with Crippen LogP contribution in [0.2, 0.25) is 0 Å². The molecule has 2 aromatic heterocycles. The number of allylic oxidation sites excluding steroid dienone is 1. The first-order valence-corrected chi connectivity index (χ1v) is 7.84. The Morgan fingerprint density at radius 2 is 1.87 bits per heavy atom. The highest BCUT2D eigenvalue weighted by molar-refractivity contribution is 7.11. The molecule has 1 aromatic carbocycles. The zero-order valence-electron chi connectivity index (χ0n) is 11.8. The second-order valence-corrected chi connectivity index (χ2v) is 6.08. The van der Waals surface area contributed by atoms with E-state index in [-0.39, 0.29) is 17.2 Å². The van der Waals surface area contributed by atoms with Gasteiger partial charge in [-0.3, -0.25) is 4.79 Å². The minimum absolute atomic E-state index is 0.0823. The van der Waals surface area contributed by atoms with Gasteiger partial charge in [-0.25, -0.2) is 0 Å². The fourth-order valence-corrected chi connectivity index (χ4v) is 3.70. The van der Waals surface area contributed by atoms with Crippen molar-refractivity contribution in [1.29, 1.82) is 5.26 Å². The molecule has 0 radical (unpaired) electrons. The Balaban J connectivity index is 2.02. The lowest BCUT2D eigenvalue weighted by molar-refractivity contribution is 0.104. The van der Waals surface area contributed by atoms with Gasteiger partial charge in [-0.05, 0) is 17.0 Å². The van der Waals surface area contributed by atoms with Gasteiger partial charge in [0.1, 0.15) is 11.6 Å². The van der Waals surface area contributed by atoms with Crippen LogP contribution in [0.3, 0.4) is 0 Å². The standard InChI is InChI=1S/C18H10N2O2S/c19-9-11-13(12-7-4-8-23-12)14-15(17(11)21)16(20-18(14)22)10-5-2-1-3-6-10/h1-8,20,22H. The number of Topliss-reactive ketones (excluding diaryl/α,β-unsaturated/α-hetero) is 1. The molecule has 0 atom stereocenters. The maximum Gasteiger partial charge on any atom is 0.207 e. The summed E-state index contributed by atoms with van der Waals surface area (Å²) in [5.74, 6) is -0.429. The molecular weight excluding hydrogens is 308 g/mol. The summed E-state index contributed by atoms with van der Waals surface area (Å²) in [6, 6.07) is 15.0. The van der Waals surface area contributed by atoms with Gasteiger partial charge >= 0.3 is 0 Å². The summed E-state index contributed by atoms with van der Waals surface area (Å²) in [5, 5.41) is 21.7. The quantitative estimate of drug-likeness (QED) is 0.750. The summed E-state index contributed by atoms with van der Waals surface area (Å²) >= 11 is 1.43. The van der Waals surface area contributed by atoms with Crippen LogP contribution in [-0.2, 0) is 0 Å². The third-order valence-electron chi connectivity index (χ3n) is 3.88. The Morgan fingerprint density at radius 3 is 2.52 bits per heavy atom. The molecule has 0 amide bonds. The van der Waals surface area contributed by atoms with Crippen LogP contribution in [0.4, 0.5) is 0 Å². The predicted octanol–water partition coefficient (Wildman–Crippen LogP) is 3.97. The largest absolute Gasteiger partial charge is 0.494 e. The number of nitrogens with zero attached hydrogens (tertiary/aromatic N) is 1. The van der Waals surface area contributed by atoms with Crippen molar-refractivity contribution in [3.05, 3.63) is 69.4 Å². The Labute approximate surface area is 136 Å². The molecule has 0 bridgehead atoms. The molecule has 2 N–H and O–H groups in total. The molecule has 1 aliphatic carbocycles. The predicted molar refractivity (Wildman–Crippen MR) is 88.2 cm³/mol. The van der Waals surface area contributed by atoms with Crippen LogP contribution in [0, 0.1) is 11.3 Å². The van der Waals surface area contributed by atoms with Crippen molar-refractivity contribution in [2.45, 2.75) is 0 Å². The molecule has 3 aromatic rings. The molecule has 23 heavy (non-hydrogen) atoms. The summed E-state index contributed by atoms with van der Waals surface area (Å²) in [6.45, 7) is 0. The number of thiophene rings is 1. The monoisotopic (exact) mass is 318 g/mol. The first-order chi connectivity index (χ1) is 11.2. The number of benzene rings is 1. The number of hydrogen-bond acceptors (Lipinski definition) is 4. The van der Waals surface area contributed by atoms with Gasteiger partial charge in [0.15, 0.2) is 5.88 Å². The van der Waals surface area contributed by atoms with E-state index in [0.29, 0.717) is 22.4 Å². The summed E-state index contributed by atoms with van der Waals surface area (Å²) in [7, 11) is 0. The number of H-pyrrole nitrogens is 1. The average molecular weight is 318 g/mol. The average Bonchev–Trinajstić information content (AvgIpc) is 3.26. The molecule has 0 unspecified atom stereocenters. The second-order valence-electron chi connectivity index (χ2n) is 5.13. The summed E-state index contributed by atoms with van der Waals surface area (Å²) in [6.07, 6.45) is 0. The number of carbonyl (C=O) groups is 1. The van der Waals surface area contributed by atoms with Crippen LogP contribution in [-0.4, -0.2) is 15.9 Å². The summed E-state index contributed by atoms with van der Waals surface area (Å²) in [4.78, 5) is 16.4. The molecular formula is C18H10N2O2S. The van der Waals surface area contributed by atoms with E-state index in [1.807, 2.05) is 53.9 Å². The number of hydrogen-bond donors (Lipinski definition) is 2. The number of aromatic hydroxyl groups is 1. The van der Waals surface area contributed by atoms with E-state index < -0.39 is 0 Å². The number of carbonyl (C=O) groups excluding carboxylic acids is 1. The van der Waals surface area contributed by atoms with Gasteiger partial charge < -0.3 is 10.1 Å². The maximum absolute atomic E-state index is 12.7. The van der Waals surface area contributed by atoms with E-state index in [0.717, 1.165) is 10.4 Å². The number of nitrogens with one attached hydrogen (secondary N) is 1. The zero-order valence-corrected chi connectivity index (χ0v) is 12.6. The van der Waals surface area contributed by atoms with Crippen LogP contribution in [0.25, 0.3) is 16.8 Å². The molecule has 0 fully saturated rings. The Bertz CT molecular complexity index is 990. The third kappa shape index (κ3) is 1.86. The summed E-state index contributed by atoms with van der Waals surface area (Å²) in [5.41, 5.74) is 2.73. The van der Waals surface area contributed by atoms with Gasteiger partial charge in [-0.1, -0.05) is 36.4 Å². The van der Waals surface area contributed by atoms with Crippen LogP contribution >= 0.6 is 11.3 Å². The van der Waals surface area contributed by atoms with Gasteiger partial charge in [0.25, 0.3) is 0 Å². The fourth-order valence-electron chi connectivity index (χ4n) is 2.92. The Hall–Kier alpha value is -3.10. The van der Waals surface area contributed by atoms with Crippen molar-refractivity contribution in [1.82, 2.24) is 4.98 Å². The number of aromatic nitrogens is 1. The number of aromatic amines is 1. The van der Waals surface area contributed by atoms with Crippen molar-refractivity contribution in [2.24, 2.45) is 0 Å². The topological polar surface area (TPSA) is 76.9 Å². The Morgan fingerprint density at radius 1 is 1.09 bits per heavy atom. The molecule has 110 valence electrons. The molecule has 2 heterocycles. The number of nitriles is 1. The SMILES string of the molecule is N#CC1=C(c2cccs2)c2c(O)[nH]c(-c3ccccc3)c2C1=O. The molecule has 0 saturated heterocycles. The zero-order chi connectivity index (χ0) is 16.0. The lowest BCUT2D eigenvalue weighted by atomic mass is 10.0. The molecule has 0 saturated carbocycles. The maximum atomic E-state index is 12.7. The van der Waals surface area contributed by atoms with E-state index in [1.54, 1.807) is 0 Å². The summed E-state index contributed by atoms with van der Waals surface area (Å²) < 4.78 is 0. The van der Waals surface area contributed by atoms with Crippen LogP contribution in [0.15, 0.2) is 53.4 Å². The smallest absolute Gasteiger partial charge is 0.207 e. The van der Waals surface area contributed by atoms with Gasteiger partial charge in [-0.2, -0.15) is 5.26 Å². The Kier molecular flexibility index (Phi) is 2.93. The van der Waals surface area contributed by atoms with Crippen LogP contribution in [0.1, 0.15) is 20.8 Å². The highest BCUT2D eigenvalue weighted by Gasteiger charge is 2.37. The number of fused-ring (bicyclic) bond motifs is 1. The van der Waals surface area contributed by atoms with E-state index in [9.17, 15) is 15.2 Å². The van der Waals surface area contributed by atoms with Crippen molar-refractivity contribution in [2.75, 3.05) is 0 Å². The van der Waals surface area contributed by atoms with E-state index in [1.165, 1.54) is 11.3 Å². The first-order valence-electron chi connectivity index (χ1n) is 6.96. The van der Waals surface area contributed by atoms with Gasteiger partial charge in [-0.15, -0.1) is 11.3 Å². The van der Waals surface area contributed by atoms with Gasteiger partial charge in [0, 0.05) is 10.5 Å². The molecule has 4 rings (SSSR count). The minimum Gasteiger partial charge on any atom is -0.494 e. The third-order valence-corrected chi connectivity index (χ3v) is 4.76. The minimum atomic E-state index is -0.346. The first kappa shape index (κ1) is 13.6. The molecule has 4 nitrogen and oxygen atoms in total. The number of rotatable bonds is 2. The van der Waals surface area contributed by atoms with Crippen LogP contribution < -0.4 is 0 Å². The van der Waals surface area contributed by atoms with Gasteiger partial charge in [0.05, 0.1) is 16.8 Å². The van der Waals surface area contributed by atoms with E-state index >= 15 is 0 Å². The van der Waals surface area contributed by atoms with Crippen molar-refractivity contribution in [3.8, 4) is 23.2 Å². The highest BCUT2D eigenvalue weighted by atomic mass is 32.1. The second kappa shape index (κ2) is 4.97. The molecule has 1 aliphatic rings. The molecule has 0 spiro atoms. The van der Waals surface area contributed by atoms with Crippen molar-refractivity contribution < 1.29 is 9.90 Å². The lowest BCUT2D eigenvalue weighted by Crippen LogP contribution is -1.98. The van der Waals surface area contributed by atoms with Gasteiger partial charge in [0.2, 0.25) is 5.78 Å². The number of ketones is 1. The highest BCUT2D eigenvalue weighted by Crippen LogP contribution is 2.47. The fraction of sp³-hybridized carbons (Fsp3) is 0. The molecule has 5 heteroatoms. The van der Waals surface area contributed by atoms with E-state index in [4.69, 9.17) is 0 Å². The molecule has 0 aliphatic heterocycles. The van der Waals surface area contributed by atoms with Crippen molar-refractivity contribution >= 4 is 22.7 Å².